The van der Waals surface area contributed by atoms with Gasteiger partial charge in [-0.1, -0.05) is 25.4 Å². The number of thiazole rings is 1. The summed E-state index contributed by atoms with van der Waals surface area (Å²) in [4.78, 5) is 4.44. The van der Waals surface area contributed by atoms with Gasteiger partial charge in [0.1, 0.15) is 5.82 Å². The van der Waals surface area contributed by atoms with Crippen molar-refractivity contribution in [2.24, 2.45) is 5.92 Å². The van der Waals surface area contributed by atoms with Gasteiger partial charge >= 0.3 is 0 Å². The van der Waals surface area contributed by atoms with Crippen LogP contribution in [0.25, 0.3) is 11.3 Å². The molecule has 0 aliphatic heterocycles. The molecular formula is C13H14ClFN2S. The number of hydrogen-bond donors (Lipinski definition) is 1. The van der Waals surface area contributed by atoms with E-state index in [0.29, 0.717) is 10.9 Å². The molecule has 0 atom stereocenters. The number of hydrogen-bond acceptors (Lipinski definition) is 3. The Hall–Kier alpha value is -1.13. The van der Waals surface area contributed by atoms with Gasteiger partial charge in [0.25, 0.3) is 0 Å². The molecule has 1 N–H and O–H groups in total. The van der Waals surface area contributed by atoms with Gasteiger partial charge in [0.2, 0.25) is 0 Å². The lowest BCUT2D eigenvalue weighted by Crippen LogP contribution is -2.07. The monoisotopic (exact) mass is 284 g/mol. The van der Waals surface area contributed by atoms with Gasteiger partial charge in [-0.25, -0.2) is 9.37 Å². The second-order valence-electron chi connectivity index (χ2n) is 4.44. The third-order valence-electron chi connectivity index (χ3n) is 2.37. The second-order valence-corrected chi connectivity index (χ2v) is 5.70. The molecule has 0 bridgehead atoms. The first-order valence-electron chi connectivity index (χ1n) is 5.71. The Morgan fingerprint density at radius 1 is 1.44 bits per heavy atom. The molecule has 1 heterocycles. The maximum Gasteiger partial charge on any atom is 0.183 e. The summed E-state index contributed by atoms with van der Waals surface area (Å²) in [5.74, 6) is 0.226. The van der Waals surface area contributed by atoms with E-state index in [4.69, 9.17) is 11.6 Å². The maximum absolute atomic E-state index is 13.0. The van der Waals surface area contributed by atoms with Crippen LogP contribution in [-0.2, 0) is 0 Å². The van der Waals surface area contributed by atoms with E-state index in [1.165, 1.54) is 23.5 Å². The van der Waals surface area contributed by atoms with Crippen LogP contribution in [0.4, 0.5) is 9.52 Å². The highest BCUT2D eigenvalue weighted by Crippen LogP contribution is 2.30. The average molecular weight is 285 g/mol. The molecule has 0 spiro atoms. The van der Waals surface area contributed by atoms with Gasteiger partial charge < -0.3 is 5.32 Å². The van der Waals surface area contributed by atoms with Crippen LogP contribution in [0.15, 0.2) is 23.6 Å². The smallest absolute Gasteiger partial charge is 0.183 e. The SMILES string of the molecule is CC(C)CNc1nc(-c2ccc(F)cc2Cl)cs1. The zero-order valence-electron chi connectivity index (χ0n) is 10.2. The first kappa shape index (κ1) is 13.3. The van der Waals surface area contributed by atoms with Crippen LogP contribution in [-0.4, -0.2) is 11.5 Å². The van der Waals surface area contributed by atoms with Gasteiger partial charge in [0.15, 0.2) is 5.13 Å². The fourth-order valence-electron chi connectivity index (χ4n) is 1.47. The molecule has 2 aromatic rings. The van der Waals surface area contributed by atoms with E-state index in [9.17, 15) is 4.39 Å². The molecule has 0 aliphatic rings. The molecule has 5 heteroatoms. The van der Waals surface area contributed by atoms with Crippen molar-refractivity contribution < 1.29 is 4.39 Å². The molecule has 1 aromatic carbocycles. The van der Waals surface area contributed by atoms with Crippen molar-refractivity contribution in [1.82, 2.24) is 4.98 Å². The van der Waals surface area contributed by atoms with Crippen molar-refractivity contribution in [3.05, 3.63) is 34.4 Å². The largest absolute Gasteiger partial charge is 0.361 e. The number of nitrogens with zero attached hydrogens (tertiary/aromatic N) is 1. The lowest BCUT2D eigenvalue weighted by atomic mass is 10.2. The van der Waals surface area contributed by atoms with Gasteiger partial charge in [-0.05, 0) is 24.1 Å². The normalized spacial score (nSPS) is 10.9. The molecular weight excluding hydrogens is 271 g/mol. The Labute approximate surface area is 115 Å². The highest BCUT2D eigenvalue weighted by molar-refractivity contribution is 7.14. The lowest BCUT2D eigenvalue weighted by Gasteiger charge is -2.04. The fraction of sp³-hybridized carbons (Fsp3) is 0.308. The van der Waals surface area contributed by atoms with E-state index in [1.807, 2.05) is 5.38 Å². The van der Waals surface area contributed by atoms with Gasteiger partial charge in [0.05, 0.1) is 10.7 Å². The summed E-state index contributed by atoms with van der Waals surface area (Å²) in [7, 11) is 0. The van der Waals surface area contributed by atoms with Crippen LogP contribution in [0.3, 0.4) is 0 Å². The van der Waals surface area contributed by atoms with Crippen molar-refractivity contribution in [2.75, 3.05) is 11.9 Å². The Kier molecular flexibility index (Phi) is 4.19. The molecule has 0 saturated carbocycles. The third kappa shape index (κ3) is 3.21. The molecule has 1 aromatic heterocycles. The molecule has 96 valence electrons. The van der Waals surface area contributed by atoms with E-state index in [2.05, 4.69) is 24.1 Å². The summed E-state index contributed by atoms with van der Waals surface area (Å²) in [6, 6.07) is 4.35. The highest BCUT2D eigenvalue weighted by Gasteiger charge is 2.09. The average Bonchev–Trinajstić information content (AvgIpc) is 2.75. The topological polar surface area (TPSA) is 24.9 Å². The van der Waals surface area contributed by atoms with Gasteiger partial charge in [0, 0.05) is 17.5 Å². The Morgan fingerprint density at radius 2 is 2.22 bits per heavy atom. The number of nitrogens with one attached hydrogen (secondary N) is 1. The van der Waals surface area contributed by atoms with Crippen molar-refractivity contribution in [1.29, 1.82) is 0 Å². The Morgan fingerprint density at radius 3 is 2.89 bits per heavy atom. The summed E-state index contributed by atoms with van der Waals surface area (Å²) < 4.78 is 13.0. The minimum atomic E-state index is -0.336. The summed E-state index contributed by atoms with van der Waals surface area (Å²) in [6.07, 6.45) is 0. The number of aromatic nitrogens is 1. The predicted octanol–water partition coefficient (Wildman–Crippen LogP) is 4.67. The molecule has 0 aliphatic carbocycles. The molecule has 2 nitrogen and oxygen atoms in total. The van der Waals surface area contributed by atoms with E-state index in [-0.39, 0.29) is 5.82 Å². The van der Waals surface area contributed by atoms with Crippen molar-refractivity contribution in [3.8, 4) is 11.3 Å². The minimum absolute atomic E-state index is 0.336. The first-order valence-corrected chi connectivity index (χ1v) is 6.97. The number of anilines is 1. The standard InChI is InChI=1S/C13H14ClFN2S/c1-8(2)6-16-13-17-12(7-18-13)10-4-3-9(15)5-11(10)14/h3-5,7-8H,6H2,1-2H3,(H,16,17). The molecule has 2 rings (SSSR count). The van der Waals surface area contributed by atoms with Crippen LogP contribution in [0, 0.1) is 11.7 Å². The molecule has 0 unspecified atom stereocenters. The summed E-state index contributed by atoms with van der Waals surface area (Å²) in [6.45, 7) is 5.15. The zero-order valence-corrected chi connectivity index (χ0v) is 11.8. The summed E-state index contributed by atoms with van der Waals surface area (Å²) >= 11 is 7.53. The molecule has 0 fully saturated rings. The van der Waals surface area contributed by atoms with Crippen LogP contribution in [0.1, 0.15) is 13.8 Å². The predicted molar refractivity (Wildman–Crippen MR) is 75.8 cm³/mol. The van der Waals surface area contributed by atoms with Crippen LogP contribution in [0.5, 0.6) is 0 Å². The van der Waals surface area contributed by atoms with Crippen LogP contribution in [0.2, 0.25) is 5.02 Å². The van der Waals surface area contributed by atoms with E-state index in [1.54, 1.807) is 6.07 Å². The lowest BCUT2D eigenvalue weighted by molar-refractivity contribution is 0.628. The first-order chi connectivity index (χ1) is 8.56. The minimum Gasteiger partial charge on any atom is -0.361 e. The van der Waals surface area contributed by atoms with Crippen LogP contribution < -0.4 is 5.32 Å². The van der Waals surface area contributed by atoms with E-state index >= 15 is 0 Å². The van der Waals surface area contributed by atoms with E-state index < -0.39 is 0 Å². The Bertz CT molecular complexity index is 540. The number of rotatable bonds is 4. The molecule has 0 saturated heterocycles. The maximum atomic E-state index is 13.0. The quantitative estimate of drug-likeness (QED) is 0.882. The van der Waals surface area contributed by atoms with Crippen LogP contribution >= 0.6 is 22.9 Å². The Balaban J connectivity index is 2.18. The zero-order chi connectivity index (χ0) is 13.1. The van der Waals surface area contributed by atoms with Crippen molar-refractivity contribution >= 4 is 28.1 Å². The van der Waals surface area contributed by atoms with Gasteiger partial charge in [-0.3, -0.25) is 0 Å². The van der Waals surface area contributed by atoms with Gasteiger partial charge in [-0.15, -0.1) is 11.3 Å². The molecule has 18 heavy (non-hydrogen) atoms. The summed E-state index contributed by atoms with van der Waals surface area (Å²) in [5.41, 5.74) is 1.53. The third-order valence-corrected chi connectivity index (χ3v) is 3.49. The van der Waals surface area contributed by atoms with Crippen molar-refractivity contribution in [3.63, 3.8) is 0 Å². The van der Waals surface area contributed by atoms with Crippen molar-refractivity contribution in [2.45, 2.75) is 13.8 Å². The van der Waals surface area contributed by atoms with Gasteiger partial charge in [-0.2, -0.15) is 0 Å². The number of benzene rings is 1. The van der Waals surface area contributed by atoms with E-state index in [0.717, 1.165) is 22.9 Å². The number of halogens is 2. The fourth-order valence-corrected chi connectivity index (χ4v) is 2.45. The molecule has 0 radical (unpaired) electrons. The molecule has 0 amide bonds. The highest BCUT2D eigenvalue weighted by atomic mass is 35.5. The second kappa shape index (κ2) is 5.67. The summed E-state index contributed by atoms with van der Waals surface area (Å²) in [5, 5.41) is 6.42.